The second kappa shape index (κ2) is 21.6. The smallest absolute Gasteiger partial charge is 0.420 e. The lowest BCUT2D eigenvalue weighted by Gasteiger charge is -2.26. The van der Waals surface area contributed by atoms with Crippen molar-refractivity contribution in [3.05, 3.63) is 135 Å². The Kier molecular flexibility index (Phi) is 15.7. The number of carbonyl (C=O) groups excluding carboxylic acids is 2. The number of likely N-dealkylation sites (N-methyl/N-ethyl adjacent to an activating group) is 1. The van der Waals surface area contributed by atoms with E-state index in [2.05, 4.69) is 35.7 Å². The average molecular weight is 1030 g/mol. The van der Waals surface area contributed by atoms with Crippen LogP contribution in [0.15, 0.2) is 73.4 Å². The van der Waals surface area contributed by atoms with Gasteiger partial charge >= 0.3 is 12.4 Å². The van der Waals surface area contributed by atoms with Gasteiger partial charge in [-0.15, -0.1) is 0 Å². The Morgan fingerprint density at radius 3 is 1.95 bits per heavy atom. The van der Waals surface area contributed by atoms with Gasteiger partial charge in [0.1, 0.15) is 11.6 Å². The highest BCUT2D eigenvalue weighted by Gasteiger charge is 2.37. The molecule has 2 aromatic carbocycles. The van der Waals surface area contributed by atoms with Crippen molar-refractivity contribution in [3.63, 3.8) is 0 Å². The van der Waals surface area contributed by atoms with Crippen LogP contribution in [0.1, 0.15) is 77.9 Å². The number of hydrazine groups is 2. The summed E-state index contributed by atoms with van der Waals surface area (Å²) in [5.41, 5.74) is 0.801. The maximum Gasteiger partial charge on any atom is 0.420 e. The van der Waals surface area contributed by atoms with Gasteiger partial charge in [-0.25, -0.2) is 21.7 Å². The highest BCUT2D eigenvalue weighted by molar-refractivity contribution is 6.06. The molecule has 25 heteroatoms. The van der Waals surface area contributed by atoms with Crippen LogP contribution in [0.3, 0.4) is 0 Å². The largest absolute Gasteiger partial charge is 0.496 e. The Morgan fingerprint density at radius 1 is 0.770 bits per heavy atom. The first kappa shape index (κ1) is 53.8. The second-order valence-corrected chi connectivity index (χ2v) is 17.9. The van der Waals surface area contributed by atoms with Crippen LogP contribution >= 0.6 is 0 Å². The summed E-state index contributed by atoms with van der Waals surface area (Å²) in [7, 11) is 6.66. The number of amides is 2. The lowest BCUT2D eigenvalue weighted by atomic mass is 10.0. The average Bonchev–Trinajstić information content (AvgIpc) is 3.98. The quantitative estimate of drug-likeness (QED) is 0.0241. The fourth-order valence-corrected chi connectivity index (χ4v) is 8.35. The van der Waals surface area contributed by atoms with Crippen LogP contribution in [-0.4, -0.2) is 111 Å². The third kappa shape index (κ3) is 12.1. The number of ether oxygens (including phenoxy) is 1. The topological polar surface area (TPSA) is 250 Å². The molecule has 0 saturated carbocycles. The van der Waals surface area contributed by atoms with Crippen LogP contribution in [0.25, 0.3) is 0 Å². The Balaban J connectivity index is 1.09. The van der Waals surface area contributed by atoms with Gasteiger partial charge in [-0.2, -0.15) is 31.4 Å². The number of methoxy groups -OCH3 is 1. The van der Waals surface area contributed by atoms with E-state index in [-0.39, 0.29) is 93.5 Å². The van der Waals surface area contributed by atoms with Gasteiger partial charge in [0.05, 0.1) is 89.3 Å². The molecule has 5 heterocycles. The number of aromatic nitrogens is 6. The van der Waals surface area contributed by atoms with E-state index in [1.165, 1.54) is 72.2 Å². The molecule has 1 atom stereocenters. The van der Waals surface area contributed by atoms with Crippen molar-refractivity contribution in [3.8, 4) is 5.75 Å². The summed E-state index contributed by atoms with van der Waals surface area (Å²) >= 11 is 0. The number of nitrogens with one attached hydrogen (secondary N) is 4. The molecule has 0 bridgehead atoms. The van der Waals surface area contributed by atoms with E-state index in [4.69, 9.17) is 27.2 Å². The first-order valence-corrected chi connectivity index (χ1v) is 22.8. The second-order valence-electron chi connectivity index (χ2n) is 17.9. The summed E-state index contributed by atoms with van der Waals surface area (Å²) in [5, 5.41) is 29.3. The SMILES string of the molecule is COc1ccc(NC(=O)c2cnc(C)c(N(N)CC(=N)c3cnc(Cc4ncc(C(=O)Nc5cc(N6CCC(N(C)C)C6)c(C)c(C(F)(F)F)c5)cc4N(N)CC(=N)c4cnn(C)c4C)nc3)c2)cc1C(F)(F)F. The molecule has 1 unspecified atom stereocenters. The van der Waals surface area contributed by atoms with Crippen LogP contribution in [0.4, 0.5) is 54.8 Å². The number of benzene rings is 2. The summed E-state index contributed by atoms with van der Waals surface area (Å²) in [5.74, 6) is 11.3. The number of anilines is 5. The normalized spacial score (nSPS) is 13.8. The highest BCUT2D eigenvalue weighted by atomic mass is 19.4. The molecule has 4 aromatic heterocycles. The van der Waals surface area contributed by atoms with Crippen molar-refractivity contribution in [2.75, 3.05) is 72.9 Å². The molecule has 390 valence electrons. The minimum atomic E-state index is -4.74. The zero-order valence-corrected chi connectivity index (χ0v) is 41.4. The van der Waals surface area contributed by atoms with Crippen LogP contribution in [-0.2, 0) is 25.8 Å². The van der Waals surface area contributed by atoms with Crippen molar-refractivity contribution < 1.29 is 40.7 Å². The number of nitrogens with zero attached hydrogens (tertiary/aromatic N) is 10. The number of nitrogens with two attached hydrogens (primary N) is 2. The predicted molar refractivity (Wildman–Crippen MR) is 267 cm³/mol. The molecular formula is C49H54F6N16O3. The molecule has 1 fully saturated rings. The number of hydrogen-bond donors (Lipinski definition) is 6. The van der Waals surface area contributed by atoms with E-state index < -0.39 is 41.0 Å². The summed E-state index contributed by atoms with van der Waals surface area (Å²) in [4.78, 5) is 48.7. The van der Waals surface area contributed by atoms with Crippen LogP contribution < -0.4 is 42.0 Å². The first-order valence-electron chi connectivity index (χ1n) is 22.8. The summed E-state index contributed by atoms with van der Waals surface area (Å²) in [6, 6.07) is 8.48. The molecule has 1 saturated heterocycles. The lowest BCUT2D eigenvalue weighted by molar-refractivity contribution is -0.139. The summed E-state index contributed by atoms with van der Waals surface area (Å²) in [6.07, 6.45) is -1.98. The van der Waals surface area contributed by atoms with Gasteiger partial charge in [0.15, 0.2) is 0 Å². The van der Waals surface area contributed by atoms with Crippen molar-refractivity contribution in [2.45, 2.75) is 52.0 Å². The fraction of sp³-hybridized carbons (Fsp3) is 0.327. The number of rotatable bonds is 17. The van der Waals surface area contributed by atoms with Gasteiger partial charge in [-0.3, -0.25) is 24.2 Å². The predicted octanol–water partition coefficient (Wildman–Crippen LogP) is 6.70. The summed E-state index contributed by atoms with van der Waals surface area (Å²) < 4.78 is 90.6. The van der Waals surface area contributed by atoms with Gasteiger partial charge < -0.3 is 46.0 Å². The number of halogens is 6. The molecule has 2 amide bonds. The molecule has 1 aliphatic rings. The maximum atomic E-state index is 14.4. The van der Waals surface area contributed by atoms with E-state index in [0.29, 0.717) is 35.7 Å². The Labute approximate surface area is 421 Å². The van der Waals surface area contributed by atoms with Crippen molar-refractivity contribution >= 4 is 51.7 Å². The molecule has 74 heavy (non-hydrogen) atoms. The van der Waals surface area contributed by atoms with Crippen molar-refractivity contribution in [2.24, 2.45) is 18.7 Å². The lowest BCUT2D eigenvalue weighted by Crippen LogP contribution is -2.37. The third-order valence-corrected chi connectivity index (χ3v) is 12.7. The van der Waals surface area contributed by atoms with Gasteiger partial charge in [0.25, 0.3) is 11.8 Å². The zero-order valence-electron chi connectivity index (χ0n) is 41.4. The molecule has 6 aromatic rings. The van der Waals surface area contributed by atoms with Crippen molar-refractivity contribution in [1.29, 1.82) is 10.8 Å². The zero-order chi connectivity index (χ0) is 54.0. The summed E-state index contributed by atoms with van der Waals surface area (Å²) in [6.45, 7) is 5.46. The number of aryl methyl sites for hydroxylation is 2. The van der Waals surface area contributed by atoms with Gasteiger partial charge in [-0.05, 0) is 89.3 Å². The molecule has 0 spiro atoms. The van der Waals surface area contributed by atoms with Gasteiger partial charge in [0.2, 0.25) is 0 Å². The van der Waals surface area contributed by atoms with E-state index >= 15 is 0 Å². The van der Waals surface area contributed by atoms with E-state index in [9.17, 15) is 35.9 Å². The fourth-order valence-electron chi connectivity index (χ4n) is 8.35. The number of hydrogen-bond acceptors (Lipinski definition) is 16. The third-order valence-electron chi connectivity index (χ3n) is 12.7. The van der Waals surface area contributed by atoms with Gasteiger partial charge in [-0.1, -0.05) is 0 Å². The van der Waals surface area contributed by atoms with E-state index in [1.54, 1.807) is 25.6 Å². The first-order chi connectivity index (χ1) is 34.8. The van der Waals surface area contributed by atoms with Crippen molar-refractivity contribution in [1.82, 2.24) is 34.6 Å². The standard InChI is InChI=1S/C49H54F6N16O3/c1-26-36(48(50,51)52)15-33(16-41(26)69-11-10-34(23-69)67(4)5)66-47(73)30-13-43(71(59)25-39(57)35-22-64-68(6)28(35)3)40(61-19-30)17-45-62-20-31(21-63-45)38(56)24-70(58)42-12-29(18-60-27(42)2)46(72)65-32-8-9-44(74-7)37(14-32)49(53,54)55/h8-9,12-16,18-22,34,56-57H,10-11,17,23-25,58-59H2,1-7H3,(H,65,72)(H,66,73). The minimum Gasteiger partial charge on any atom is -0.496 e. The van der Waals surface area contributed by atoms with Crippen LogP contribution in [0.2, 0.25) is 0 Å². The molecule has 0 aliphatic carbocycles. The molecule has 1 aliphatic heterocycles. The van der Waals surface area contributed by atoms with Crippen LogP contribution in [0, 0.1) is 31.6 Å². The Hall–Kier alpha value is -8.03. The number of alkyl halides is 6. The molecular weight excluding hydrogens is 975 g/mol. The highest BCUT2D eigenvalue weighted by Crippen LogP contribution is 2.40. The number of pyridine rings is 2. The Bertz CT molecular complexity index is 3110. The number of carbonyl (C=O) groups is 2. The van der Waals surface area contributed by atoms with Crippen LogP contribution in [0.5, 0.6) is 5.75 Å². The Morgan fingerprint density at radius 2 is 1.35 bits per heavy atom. The van der Waals surface area contributed by atoms with Gasteiger partial charge in [0, 0.05) is 84.8 Å². The molecule has 7 rings (SSSR count). The van der Waals surface area contributed by atoms with E-state index in [0.717, 1.165) is 31.7 Å². The molecule has 0 radical (unpaired) electrons. The minimum absolute atomic E-state index is 0.0257. The molecule has 19 nitrogen and oxygen atoms in total. The monoisotopic (exact) mass is 1030 g/mol. The maximum absolute atomic E-state index is 14.4. The van der Waals surface area contributed by atoms with E-state index in [1.807, 2.05) is 23.9 Å². The molecule has 8 N–H and O–H groups in total.